The van der Waals surface area contributed by atoms with Gasteiger partial charge in [-0.15, -0.1) is 0 Å². The maximum absolute atomic E-state index is 13.5. The van der Waals surface area contributed by atoms with E-state index in [2.05, 4.69) is 20.9 Å². The van der Waals surface area contributed by atoms with Crippen molar-refractivity contribution in [1.29, 1.82) is 0 Å². The molecule has 0 aliphatic heterocycles. The Morgan fingerprint density at radius 1 is 0.886 bits per heavy atom. The second-order valence-electron chi connectivity index (χ2n) is 8.92. The summed E-state index contributed by atoms with van der Waals surface area (Å²) in [5.41, 5.74) is 3.09. The third-order valence-corrected chi connectivity index (χ3v) is 6.62. The first kappa shape index (κ1) is 24.3. The lowest BCUT2D eigenvalue weighted by Crippen LogP contribution is -2.45. The molecule has 0 saturated heterocycles. The molecule has 0 radical (unpaired) electrons. The molecular formula is C28H32N4O3. The average molecular weight is 473 g/mol. The first-order chi connectivity index (χ1) is 17.1. The predicted molar refractivity (Wildman–Crippen MR) is 136 cm³/mol. The lowest BCUT2D eigenvalue weighted by atomic mass is 9.68. The summed E-state index contributed by atoms with van der Waals surface area (Å²) in [6, 6.07) is 18.8. The van der Waals surface area contributed by atoms with Gasteiger partial charge in [0.15, 0.2) is 0 Å². The Kier molecular flexibility index (Phi) is 7.98. The van der Waals surface area contributed by atoms with Crippen molar-refractivity contribution in [1.82, 2.24) is 15.6 Å². The van der Waals surface area contributed by atoms with Crippen LogP contribution in [0.1, 0.15) is 48.8 Å². The number of carbonyl (C=O) groups excluding carboxylic acids is 2. The number of aromatic nitrogens is 1. The summed E-state index contributed by atoms with van der Waals surface area (Å²) < 4.78 is 5.29. The smallest absolute Gasteiger partial charge is 0.319 e. The van der Waals surface area contributed by atoms with E-state index in [1.807, 2.05) is 60.7 Å². The first-order valence-electron chi connectivity index (χ1n) is 12.0. The van der Waals surface area contributed by atoms with E-state index in [9.17, 15) is 9.59 Å². The molecule has 1 aliphatic rings. The number of rotatable bonds is 8. The van der Waals surface area contributed by atoms with Crippen molar-refractivity contribution in [2.24, 2.45) is 0 Å². The highest BCUT2D eigenvalue weighted by Gasteiger charge is 2.40. The zero-order valence-corrected chi connectivity index (χ0v) is 20.0. The minimum Gasteiger partial charge on any atom is -0.497 e. The summed E-state index contributed by atoms with van der Waals surface area (Å²) in [7, 11) is 1.64. The molecule has 35 heavy (non-hydrogen) atoms. The number of hydrogen-bond donors (Lipinski definition) is 3. The minimum atomic E-state index is -0.521. The zero-order chi connectivity index (χ0) is 24.5. The van der Waals surface area contributed by atoms with Gasteiger partial charge >= 0.3 is 6.03 Å². The van der Waals surface area contributed by atoms with E-state index in [0.717, 1.165) is 54.5 Å². The van der Waals surface area contributed by atoms with Gasteiger partial charge in [-0.05, 0) is 65.9 Å². The number of methoxy groups -OCH3 is 1. The van der Waals surface area contributed by atoms with Crippen LogP contribution in [0.4, 0.5) is 10.5 Å². The van der Waals surface area contributed by atoms with Gasteiger partial charge in [-0.25, -0.2) is 4.79 Å². The summed E-state index contributed by atoms with van der Waals surface area (Å²) in [6.07, 6.45) is 8.29. The van der Waals surface area contributed by atoms with Crippen LogP contribution in [0.5, 0.6) is 5.75 Å². The van der Waals surface area contributed by atoms with E-state index in [0.29, 0.717) is 18.8 Å². The van der Waals surface area contributed by atoms with E-state index in [1.54, 1.807) is 19.5 Å². The molecule has 1 saturated carbocycles. The molecule has 1 aliphatic carbocycles. The molecule has 1 aromatic heterocycles. The molecule has 0 bridgehead atoms. The van der Waals surface area contributed by atoms with Crippen LogP contribution in [0.2, 0.25) is 0 Å². The van der Waals surface area contributed by atoms with E-state index in [4.69, 9.17) is 4.74 Å². The molecule has 1 heterocycles. The number of pyridine rings is 1. The number of hydrogen-bond acceptors (Lipinski definition) is 4. The fourth-order valence-corrected chi connectivity index (χ4v) is 4.68. The SMILES string of the molecule is COc1ccc(C2(C(=O)NCc3cccc(NC(=O)NCc4ccncc4)c3)CCCCC2)cc1. The number of carbonyl (C=O) groups is 2. The van der Waals surface area contributed by atoms with E-state index in [1.165, 1.54) is 0 Å². The van der Waals surface area contributed by atoms with Crippen molar-refractivity contribution < 1.29 is 14.3 Å². The van der Waals surface area contributed by atoms with Crippen LogP contribution in [0.15, 0.2) is 73.1 Å². The molecule has 7 heteroatoms. The Morgan fingerprint density at radius 2 is 1.60 bits per heavy atom. The second kappa shape index (κ2) is 11.5. The van der Waals surface area contributed by atoms with Crippen molar-refractivity contribution in [3.05, 3.63) is 89.7 Å². The molecule has 3 aromatic rings. The predicted octanol–water partition coefficient (Wildman–Crippen LogP) is 4.93. The van der Waals surface area contributed by atoms with Crippen LogP contribution in [0, 0.1) is 0 Å². The van der Waals surface area contributed by atoms with Gasteiger partial charge in [-0.3, -0.25) is 9.78 Å². The monoisotopic (exact) mass is 472 g/mol. The zero-order valence-electron chi connectivity index (χ0n) is 20.0. The maximum Gasteiger partial charge on any atom is 0.319 e. The highest BCUT2D eigenvalue weighted by molar-refractivity contribution is 5.90. The Labute approximate surface area is 206 Å². The third kappa shape index (κ3) is 6.18. The minimum absolute atomic E-state index is 0.0517. The maximum atomic E-state index is 13.5. The van der Waals surface area contributed by atoms with Crippen molar-refractivity contribution >= 4 is 17.6 Å². The molecule has 4 rings (SSSR count). The Bertz CT molecular complexity index is 1130. The van der Waals surface area contributed by atoms with Gasteiger partial charge in [-0.1, -0.05) is 43.5 Å². The molecule has 3 amide bonds. The molecule has 2 aromatic carbocycles. The summed E-state index contributed by atoms with van der Waals surface area (Å²) in [6.45, 7) is 0.808. The molecule has 182 valence electrons. The van der Waals surface area contributed by atoms with Gasteiger partial charge in [0.2, 0.25) is 5.91 Å². The molecule has 3 N–H and O–H groups in total. The Balaban J connectivity index is 1.37. The highest BCUT2D eigenvalue weighted by Crippen LogP contribution is 2.40. The molecule has 0 atom stereocenters. The molecule has 1 fully saturated rings. The second-order valence-corrected chi connectivity index (χ2v) is 8.92. The van der Waals surface area contributed by atoms with Crippen molar-refractivity contribution in [2.75, 3.05) is 12.4 Å². The normalized spacial score (nSPS) is 14.5. The summed E-state index contributed by atoms with van der Waals surface area (Å²) in [5.74, 6) is 0.838. The number of nitrogens with one attached hydrogen (secondary N) is 3. The van der Waals surface area contributed by atoms with Gasteiger partial charge in [0.05, 0.1) is 12.5 Å². The number of anilines is 1. The molecule has 0 unspecified atom stereocenters. The summed E-state index contributed by atoms with van der Waals surface area (Å²) in [4.78, 5) is 29.8. The van der Waals surface area contributed by atoms with Crippen LogP contribution in [-0.2, 0) is 23.3 Å². The van der Waals surface area contributed by atoms with Crippen LogP contribution in [0.3, 0.4) is 0 Å². The number of benzene rings is 2. The standard InChI is InChI=1S/C28H32N4O3/c1-35-25-10-8-23(9-11-25)28(14-3-2-4-15-28)26(33)30-20-22-6-5-7-24(18-22)32-27(34)31-19-21-12-16-29-17-13-21/h5-13,16-18H,2-4,14-15,19-20H2,1H3,(H,30,33)(H2,31,32,34). The molecular weight excluding hydrogens is 440 g/mol. The average Bonchev–Trinajstić information content (AvgIpc) is 2.92. The fraction of sp³-hybridized carbons (Fsp3) is 0.321. The third-order valence-electron chi connectivity index (χ3n) is 6.62. The van der Waals surface area contributed by atoms with Gasteiger partial charge < -0.3 is 20.7 Å². The van der Waals surface area contributed by atoms with Crippen molar-refractivity contribution in [3.8, 4) is 5.75 Å². The van der Waals surface area contributed by atoms with Gasteiger partial charge in [0.25, 0.3) is 0 Å². The summed E-state index contributed by atoms with van der Waals surface area (Å²) in [5, 5.41) is 8.85. The first-order valence-corrected chi connectivity index (χ1v) is 12.0. The lowest BCUT2D eigenvalue weighted by molar-refractivity contribution is -0.128. The molecule has 7 nitrogen and oxygen atoms in total. The number of amides is 3. The van der Waals surface area contributed by atoms with Gasteiger partial charge in [0, 0.05) is 31.2 Å². The van der Waals surface area contributed by atoms with Crippen molar-refractivity contribution in [2.45, 2.75) is 50.6 Å². The topological polar surface area (TPSA) is 92.4 Å². The lowest BCUT2D eigenvalue weighted by Gasteiger charge is -2.36. The number of ether oxygens (including phenoxy) is 1. The van der Waals surface area contributed by atoms with Crippen LogP contribution < -0.4 is 20.7 Å². The largest absolute Gasteiger partial charge is 0.497 e. The van der Waals surface area contributed by atoms with E-state index >= 15 is 0 Å². The Morgan fingerprint density at radius 3 is 2.31 bits per heavy atom. The van der Waals surface area contributed by atoms with Gasteiger partial charge in [-0.2, -0.15) is 0 Å². The van der Waals surface area contributed by atoms with Gasteiger partial charge in [0.1, 0.15) is 5.75 Å². The van der Waals surface area contributed by atoms with Crippen LogP contribution in [-0.4, -0.2) is 24.0 Å². The fourth-order valence-electron chi connectivity index (χ4n) is 4.68. The van der Waals surface area contributed by atoms with Crippen LogP contribution >= 0.6 is 0 Å². The number of nitrogens with zero attached hydrogens (tertiary/aromatic N) is 1. The quantitative estimate of drug-likeness (QED) is 0.433. The van der Waals surface area contributed by atoms with E-state index in [-0.39, 0.29) is 11.9 Å². The Hall–Kier alpha value is -3.87. The van der Waals surface area contributed by atoms with Crippen LogP contribution in [0.25, 0.3) is 0 Å². The number of urea groups is 1. The molecule has 0 spiro atoms. The highest BCUT2D eigenvalue weighted by atomic mass is 16.5. The summed E-state index contributed by atoms with van der Waals surface area (Å²) >= 11 is 0. The van der Waals surface area contributed by atoms with Crippen molar-refractivity contribution in [3.63, 3.8) is 0 Å². The van der Waals surface area contributed by atoms with E-state index < -0.39 is 5.41 Å².